The Morgan fingerprint density at radius 3 is 2.22 bits per heavy atom. The number of hydrogen-bond donors (Lipinski definition) is 3. The minimum absolute atomic E-state index is 0.0962. The number of carbonyl (C=O) groups excluding carboxylic acids is 1. The van der Waals surface area contributed by atoms with Crippen molar-refractivity contribution in [3.63, 3.8) is 0 Å². The summed E-state index contributed by atoms with van der Waals surface area (Å²) in [6.45, 7) is 0. The van der Waals surface area contributed by atoms with Crippen LogP contribution >= 0.6 is 0 Å². The molecule has 3 N–H and O–H groups in total. The SMILES string of the molecule is O=Cc1cc(C(F)(F)F)c(/C=C/B(O)O)cc1O. The highest BCUT2D eigenvalue weighted by molar-refractivity contribution is 6.48. The molecule has 8 heteroatoms. The number of phenols is 1. The van der Waals surface area contributed by atoms with Gasteiger partial charge in [0, 0.05) is 0 Å². The highest BCUT2D eigenvalue weighted by atomic mass is 19.4. The Balaban J connectivity index is 3.39. The van der Waals surface area contributed by atoms with Crippen LogP contribution in [0.3, 0.4) is 0 Å². The summed E-state index contributed by atoms with van der Waals surface area (Å²) in [5, 5.41) is 26.4. The summed E-state index contributed by atoms with van der Waals surface area (Å²) < 4.78 is 38.0. The molecule has 0 aliphatic heterocycles. The molecule has 0 saturated carbocycles. The second-order valence-corrected chi connectivity index (χ2v) is 3.39. The molecule has 0 saturated heterocycles. The van der Waals surface area contributed by atoms with Crippen molar-refractivity contribution < 1.29 is 33.1 Å². The molecule has 18 heavy (non-hydrogen) atoms. The van der Waals surface area contributed by atoms with Crippen molar-refractivity contribution in [2.75, 3.05) is 0 Å². The molecule has 0 bridgehead atoms. The van der Waals surface area contributed by atoms with Crippen molar-refractivity contribution in [2.45, 2.75) is 6.18 Å². The third-order valence-electron chi connectivity index (χ3n) is 2.08. The van der Waals surface area contributed by atoms with E-state index in [9.17, 15) is 23.1 Å². The van der Waals surface area contributed by atoms with Crippen LogP contribution in [-0.2, 0) is 6.18 Å². The Morgan fingerprint density at radius 1 is 1.17 bits per heavy atom. The number of aldehydes is 1. The topological polar surface area (TPSA) is 77.8 Å². The average Bonchev–Trinajstić information content (AvgIpc) is 2.24. The second kappa shape index (κ2) is 5.24. The van der Waals surface area contributed by atoms with Gasteiger partial charge in [0.25, 0.3) is 0 Å². The fourth-order valence-corrected chi connectivity index (χ4v) is 1.29. The zero-order chi connectivity index (χ0) is 13.9. The van der Waals surface area contributed by atoms with Gasteiger partial charge in [0.05, 0.1) is 11.1 Å². The van der Waals surface area contributed by atoms with Gasteiger partial charge in [-0.3, -0.25) is 4.79 Å². The Kier molecular flexibility index (Phi) is 4.15. The smallest absolute Gasteiger partial charge is 0.480 e. The third kappa shape index (κ3) is 3.35. The Hall–Kier alpha value is -1.80. The molecule has 1 aromatic carbocycles. The highest BCUT2D eigenvalue weighted by Gasteiger charge is 2.33. The van der Waals surface area contributed by atoms with Crippen molar-refractivity contribution in [3.05, 3.63) is 34.8 Å². The minimum Gasteiger partial charge on any atom is -0.507 e. The molecule has 0 unspecified atom stereocenters. The van der Waals surface area contributed by atoms with Crippen LogP contribution in [0, 0.1) is 0 Å². The monoisotopic (exact) mass is 260 g/mol. The van der Waals surface area contributed by atoms with E-state index in [0.717, 1.165) is 12.1 Å². The molecule has 0 aliphatic rings. The zero-order valence-electron chi connectivity index (χ0n) is 8.85. The van der Waals surface area contributed by atoms with Gasteiger partial charge in [0.1, 0.15) is 5.75 Å². The molecule has 0 fully saturated rings. The van der Waals surface area contributed by atoms with Gasteiger partial charge in [-0.05, 0) is 17.7 Å². The third-order valence-corrected chi connectivity index (χ3v) is 2.08. The maximum Gasteiger partial charge on any atom is 0.480 e. The number of halogens is 3. The first kappa shape index (κ1) is 14.3. The van der Waals surface area contributed by atoms with E-state index in [1.165, 1.54) is 0 Å². The summed E-state index contributed by atoms with van der Waals surface area (Å²) in [6, 6.07) is 1.22. The molecule has 1 aromatic rings. The van der Waals surface area contributed by atoms with E-state index in [1.807, 2.05) is 0 Å². The maximum absolute atomic E-state index is 12.7. The molecule has 0 aromatic heterocycles. The molecule has 0 atom stereocenters. The normalized spacial score (nSPS) is 11.8. The molecule has 0 aliphatic carbocycles. The zero-order valence-corrected chi connectivity index (χ0v) is 8.85. The van der Waals surface area contributed by atoms with Crippen molar-refractivity contribution in [2.24, 2.45) is 0 Å². The number of carbonyl (C=O) groups is 1. The number of rotatable bonds is 3. The van der Waals surface area contributed by atoms with Crippen LogP contribution in [0.2, 0.25) is 0 Å². The van der Waals surface area contributed by atoms with E-state index in [2.05, 4.69) is 0 Å². The number of phenolic OH excluding ortho intramolecular Hbond substituents is 1. The summed E-state index contributed by atoms with van der Waals surface area (Å²) in [6.07, 6.45) is -3.84. The number of alkyl halides is 3. The molecule has 0 radical (unpaired) electrons. The van der Waals surface area contributed by atoms with Gasteiger partial charge in [0.2, 0.25) is 0 Å². The summed E-state index contributed by atoms with van der Waals surface area (Å²) in [5.41, 5.74) is -2.12. The molecular formula is C10H8BF3O4. The van der Waals surface area contributed by atoms with Gasteiger partial charge in [-0.15, -0.1) is 0 Å². The Morgan fingerprint density at radius 2 is 1.78 bits per heavy atom. The van der Waals surface area contributed by atoms with Crippen molar-refractivity contribution >= 4 is 19.5 Å². The predicted octanol–water partition coefficient (Wildman–Crippen LogP) is 1.25. The average molecular weight is 260 g/mol. The first-order chi connectivity index (χ1) is 8.25. The van der Waals surface area contributed by atoms with Gasteiger partial charge >= 0.3 is 13.3 Å². The lowest BCUT2D eigenvalue weighted by molar-refractivity contribution is -0.137. The van der Waals surface area contributed by atoms with Gasteiger partial charge in [0.15, 0.2) is 6.29 Å². The summed E-state index contributed by atoms with van der Waals surface area (Å²) >= 11 is 0. The lowest BCUT2D eigenvalue weighted by atomic mass is 9.89. The lowest BCUT2D eigenvalue weighted by Gasteiger charge is -2.12. The van der Waals surface area contributed by atoms with Gasteiger partial charge in [-0.1, -0.05) is 12.1 Å². The fourth-order valence-electron chi connectivity index (χ4n) is 1.29. The lowest BCUT2D eigenvalue weighted by Crippen LogP contribution is -2.10. The second-order valence-electron chi connectivity index (χ2n) is 3.39. The van der Waals surface area contributed by atoms with E-state index in [-0.39, 0.29) is 6.29 Å². The van der Waals surface area contributed by atoms with E-state index in [4.69, 9.17) is 10.0 Å². The van der Waals surface area contributed by atoms with E-state index >= 15 is 0 Å². The van der Waals surface area contributed by atoms with Crippen LogP contribution in [-0.4, -0.2) is 28.6 Å². The van der Waals surface area contributed by atoms with E-state index < -0.39 is 35.7 Å². The van der Waals surface area contributed by atoms with Gasteiger partial charge < -0.3 is 15.2 Å². The Labute approximate surface area is 100 Å². The standard InChI is InChI=1S/C10H8BF3O4/c12-10(13,14)8-3-7(5-15)9(16)4-6(8)1-2-11(17)18/h1-5,16-18H/b2-1+. The van der Waals surface area contributed by atoms with Crippen molar-refractivity contribution in [1.82, 2.24) is 0 Å². The van der Waals surface area contributed by atoms with Crippen LogP contribution in [0.15, 0.2) is 18.1 Å². The first-order valence-electron chi connectivity index (χ1n) is 4.69. The fraction of sp³-hybridized carbons (Fsp3) is 0.100. The van der Waals surface area contributed by atoms with Crippen molar-refractivity contribution in [1.29, 1.82) is 0 Å². The first-order valence-corrected chi connectivity index (χ1v) is 4.69. The van der Waals surface area contributed by atoms with E-state index in [1.54, 1.807) is 0 Å². The number of hydrogen-bond acceptors (Lipinski definition) is 4. The van der Waals surface area contributed by atoms with Crippen molar-refractivity contribution in [3.8, 4) is 5.75 Å². The van der Waals surface area contributed by atoms with Crippen LogP contribution in [0.1, 0.15) is 21.5 Å². The van der Waals surface area contributed by atoms with Crippen LogP contribution in [0.25, 0.3) is 6.08 Å². The summed E-state index contributed by atoms with van der Waals surface area (Å²) in [7, 11) is -1.92. The number of aromatic hydroxyl groups is 1. The minimum atomic E-state index is -4.73. The molecular weight excluding hydrogens is 252 g/mol. The Bertz CT molecular complexity index is 483. The largest absolute Gasteiger partial charge is 0.507 e. The molecule has 96 valence electrons. The van der Waals surface area contributed by atoms with Gasteiger partial charge in [-0.2, -0.15) is 13.2 Å². The predicted molar refractivity (Wildman–Crippen MR) is 57.7 cm³/mol. The maximum atomic E-state index is 12.7. The van der Waals surface area contributed by atoms with E-state index in [0.29, 0.717) is 12.0 Å². The van der Waals surface area contributed by atoms with Crippen LogP contribution < -0.4 is 0 Å². The molecule has 1 rings (SSSR count). The molecule has 0 amide bonds. The van der Waals surface area contributed by atoms with Gasteiger partial charge in [-0.25, -0.2) is 0 Å². The van der Waals surface area contributed by atoms with Crippen LogP contribution in [0.5, 0.6) is 5.75 Å². The quantitative estimate of drug-likeness (QED) is 0.564. The summed E-state index contributed by atoms with van der Waals surface area (Å²) in [5.74, 6) is 0.0787. The molecule has 0 heterocycles. The highest BCUT2D eigenvalue weighted by Crippen LogP contribution is 2.35. The molecule has 0 spiro atoms. The summed E-state index contributed by atoms with van der Waals surface area (Å²) in [4.78, 5) is 10.5. The number of benzene rings is 1. The van der Waals surface area contributed by atoms with Crippen LogP contribution in [0.4, 0.5) is 13.2 Å². The molecule has 4 nitrogen and oxygen atoms in total.